The van der Waals surface area contributed by atoms with Gasteiger partial charge in [-0.05, 0) is 31.2 Å². The van der Waals surface area contributed by atoms with E-state index >= 15 is 0 Å². The summed E-state index contributed by atoms with van der Waals surface area (Å²) in [5.74, 6) is -1.75. The number of hydrogen-bond acceptors (Lipinski definition) is 4. The summed E-state index contributed by atoms with van der Waals surface area (Å²) < 4.78 is 32.2. The highest BCUT2D eigenvalue weighted by atomic mass is 35.5. The maximum absolute atomic E-state index is 13.9. The van der Waals surface area contributed by atoms with Crippen molar-refractivity contribution in [1.82, 2.24) is 10.1 Å². The number of hydrogen-bond donors (Lipinski definition) is 1. The Morgan fingerprint density at radius 2 is 1.89 bits per heavy atom. The molecule has 0 spiro atoms. The molecular weight excluding hydrogens is 388 g/mol. The van der Waals surface area contributed by atoms with E-state index in [-0.39, 0.29) is 16.5 Å². The summed E-state index contributed by atoms with van der Waals surface area (Å²) in [6.07, 6.45) is 0. The molecule has 28 heavy (non-hydrogen) atoms. The van der Waals surface area contributed by atoms with Gasteiger partial charge in [0.25, 0.3) is 5.89 Å². The van der Waals surface area contributed by atoms with Crippen LogP contribution in [0.25, 0.3) is 11.5 Å². The molecule has 1 N–H and O–H groups in total. The largest absolute Gasteiger partial charge is 0.334 e. The van der Waals surface area contributed by atoms with Gasteiger partial charge in [-0.2, -0.15) is 4.98 Å². The van der Waals surface area contributed by atoms with Crippen LogP contribution in [-0.4, -0.2) is 16.0 Å². The van der Waals surface area contributed by atoms with Gasteiger partial charge in [-0.3, -0.25) is 4.79 Å². The third kappa shape index (κ3) is 4.20. The minimum absolute atomic E-state index is 0.0960. The van der Waals surface area contributed by atoms with E-state index in [4.69, 9.17) is 16.1 Å². The van der Waals surface area contributed by atoms with E-state index in [0.717, 1.165) is 12.1 Å². The van der Waals surface area contributed by atoms with Gasteiger partial charge in [-0.15, -0.1) is 0 Å². The topological polar surface area (TPSA) is 68.0 Å². The zero-order valence-corrected chi connectivity index (χ0v) is 16.2. The molecule has 0 aliphatic carbocycles. The summed E-state index contributed by atoms with van der Waals surface area (Å²) in [5.41, 5.74) is 1.06. The van der Waals surface area contributed by atoms with Crippen LogP contribution in [0.15, 0.2) is 40.9 Å². The van der Waals surface area contributed by atoms with Crippen LogP contribution in [0.2, 0.25) is 5.02 Å². The average molecular weight is 406 g/mol. The highest BCUT2D eigenvalue weighted by molar-refractivity contribution is 6.34. The molecule has 2 aromatic carbocycles. The van der Waals surface area contributed by atoms with Gasteiger partial charge in [0, 0.05) is 23.1 Å². The van der Waals surface area contributed by atoms with Crippen molar-refractivity contribution in [1.29, 1.82) is 0 Å². The highest BCUT2D eigenvalue weighted by Gasteiger charge is 2.21. The number of carbonyl (C=O) groups is 1. The van der Waals surface area contributed by atoms with Crippen molar-refractivity contribution in [2.45, 2.75) is 32.6 Å². The predicted molar refractivity (Wildman–Crippen MR) is 102 cm³/mol. The molecule has 3 rings (SSSR count). The summed E-state index contributed by atoms with van der Waals surface area (Å²) in [7, 11) is 0. The fourth-order valence-corrected chi connectivity index (χ4v) is 2.80. The van der Waals surface area contributed by atoms with Crippen molar-refractivity contribution in [3.05, 3.63) is 64.4 Å². The van der Waals surface area contributed by atoms with Gasteiger partial charge in [0.05, 0.1) is 16.6 Å². The van der Waals surface area contributed by atoms with Crippen LogP contribution in [0.1, 0.15) is 44.0 Å². The second-order valence-electron chi connectivity index (χ2n) is 6.68. The molecule has 0 unspecified atom stereocenters. The molecule has 0 aliphatic rings. The molecule has 3 aromatic rings. The van der Waals surface area contributed by atoms with Gasteiger partial charge in [0.2, 0.25) is 5.91 Å². The monoisotopic (exact) mass is 405 g/mol. The lowest BCUT2D eigenvalue weighted by Gasteiger charge is -2.14. The number of carbonyl (C=O) groups excluding carboxylic acids is 1. The Balaban J connectivity index is 1.77. The summed E-state index contributed by atoms with van der Waals surface area (Å²) in [5, 5.41) is 6.82. The number of nitrogens with one attached hydrogen (secondary N) is 1. The molecule has 0 saturated carbocycles. The van der Waals surface area contributed by atoms with Crippen molar-refractivity contribution in [2.75, 3.05) is 5.32 Å². The molecule has 1 amide bonds. The number of rotatable bonds is 5. The van der Waals surface area contributed by atoms with Gasteiger partial charge in [0.1, 0.15) is 11.6 Å². The van der Waals surface area contributed by atoms with Crippen molar-refractivity contribution >= 4 is 23.2 Å². The van der Waals surface area contributed by atoms with Crippen LogP contribution in [0.3, 0.4) is 0 Å². The molecule has 1 heterocycles. The van der Waals surface area contributed by atoms with E-state index in [2.05, 4.69) is 15.5 Å². The zero-order valence-electron chi connectivity index (χ0n) is 15.5. The minimum atomic E-state index is -0.833. The van der Waals surface area contributed by atoms with E-state index in [9.17, 15) is 13.6 Å². The molecule has 0 radical (unpaired) electrons. The van der Waals surface area contributed by atoms with Crippen LogP contribution in [0, 0.1) is 11.6 Å². The first-order valence-electron chi connectivity index (χ1n) is 8.65. The maximum Gasteiger partial charge on any atom is 0.257 e. The fourth-order valence-electron chi connectivity index (χ4n) is 2.57. The number of aromatic nitrogens is 2. The van der Waals surface area contributed by atoms with E-state index in [1.807, 2.05) is 13.8 Å². The van der Waals surface area contributed by atoms with Crippen LogP contribution < -0.4 is 5.32 Å². The molecular formula is C20H18ClF2N3O2. The molecule has 146 valence electrons. The predicted octanol–water partition coefficient (Wildman–Crippen LogP) is 5.53. The highest BCUT2D eigenvalue weighted by Crippen LogP contribution is 2.30. The SMILES string of the molecule is CC(C)c1noc(-c2ccc(NC(=O)[C@@H](C)c3ccc(F)cc3F)c(Cl)c2)n1. The Bertz CT molecular complexity index is 1020. The van der Waals surface area contributed by atoms with Crippen LogP contribution in [-0.2, 0) is 4.79 Å². The lowest BCUT2D eigenvalue weighted by molar-refractivity contribution is -0.117. The van der Waals surface area contributed by atoms with Crippen LogP contribution >= 0.6 is 11.6 Å². The van der Waals surface area contributed by atoms with Gasteiger partial charge >= 0.3 is 0 Å². The zero-order chi connectivity index (χ0) is 20.4. The fraction of sp³-hybridized carbons (Fsp3) is 0.250. The Kier molecular flexibility index (Phi) is 5.74. The summed E-state index contributed by atoms with van der Waals surface area (Å²) >= 11 is 6.27. The number of halogens is 3. The molecule has 8 heteroatoms. The quantitative estimate of drug-likeness (QED) is 0.605. The van der Waals surface area contributed by atoms with Crippen molar-refractivity contribution in [3.8, 4) is 11.5 Å². The van der Waals surface area contributed by atoms with Gasteiger partial charge in [0.15, 0.2) is 5.82 Å². The second kappa shape index (κ2) is 8.06. The molecule has 0 bridgehead atoms. The summed E-state index contributed by atoms with van der Waals surface area (Å²) in [6.45, 7) is 5.43. The van der Waals surface area contributed by atoms with Gasteiger partial charge < -0.3 is 9.84 Å². The number of benzene rings is 2. The number of amides is 1. The smallest absolute Gasteiger partial charge is 0.257 e. The van der Waals surface area contributed by atoms with E-state index in [1.54, 1.807) is 18.2 Å². The molecule has 0 aliphatic heterocycles. The number of anilines is 1. The van der Waals surface area contributed by atoms with Crippen LogP contribution in [0.5, 0.6) is 0 Å². The van der Waals surface area contributed by atoms with E-state index < -0.39 is 23.5 Å². The summed E-state index contributed by atoms with van der Waals surface area (Å²) in [4.78, 5) is 16.8. The first-order chi connectivity index (χ1) is 13.3. The third-order valence-corrected chi connectivity index (χ3v) is 4.57. The van der Waals surface area contributed by atoms with Crippen molar-refractivity contribution in [3.63, 3.8) is 0 Å². The molecule has 1 atom stereocenters. The normalized spacial score (nSPS) is 12.2. The third-order valence-electron chi connectivity index (χ3n) is 4.25. The Morgan fingerprint density at radius 3 is 2.50 bits per heavy atom. The van der Waals surface area contributed by atoms with Gasteiger partial charge in [-0.25, -0.2) is 8.78 Å². The van der Waals surface area contributed by atoms with Crippen molar-refractivity contribution < 1.29 is 18.1 Å². The minimum Gasteiger partial charge on any atom is -0.334 e. The first kappa shape index (κ1) is 19.9. The maximum atomic E-state index is 13.9. The van der Waals surface area contributed by atoms with E-state index in [1.165, 1.54) is 13.0 Å². The molecule has 0 saturated heterocycles. The Morgan fingerprint density at radius 1 is 1.14 bits per heavy atom. The lowest BCUT2D eigenvalue weighted by atomic mass is 9.99. The molecule has 1 aromatic heterocycles. The Labute approximate surface area is 165 Å². The Hall–Kier alpha value is -2.80. The summed E-state index contributed by atoms with van der Waals surface area (Å²) in [6, 6.07) is 7.99. The standard InChI is InChI=1S/C20H18ClF2N3O2/c1-10(2)18-25-20(28-26-18)12-4-7-17(15(21)8-12)24-19(27)11(3)14-6-5-13(22)9-16(14)23/h4-11H,1-3H3,(H,24,27)/t11-/m0/s1. The van der Waals surface area contributed by atoms with Crippen LogP contribution in [0.4, 0.5) is 14.5 Å². The van der Waals surface area contributed by atoms with Crippen molar-refractivity contribution in [2.24, 2.45) is 0 Å². The molecule has 0 fully saturated rings. The molecule has 5 nitrogen and oxygen atoms in total. The van der Waals surface area contributed by atoms with E-state index in [0.29, 0.717) is 23.0 Å². The second-order valence-corrected chi connectivity index (χ2v) is 7.09. The van der Waals surface area contributed by atoms with Gasteiger partial charge in [-0.1, -0.05) is 36.7 Å². The lowest BCUT2D eigenvalue weighted by Crippen LogP contribution is -2.20. The average Bonchev–Trinajstić information content (AvgIpc) is 3.13. The first-order valence-corrected chi connectivity index (χ1v) is 9.03. The number of nitrogens with zero attached hydrogens (tertiary/aromatic N) is 2.